The van der Waals surface area contributed by atoms with Crippen molar-refractivity contribution in [3.63, 3.8) is 0 Å². The highest BCUT2D eigenvalue weighted by Crippen LogP contribution is 2.29. The first kappa shape index (κ1) is 20.5. The summed E-state index contributed by atoms with van der Waals surface area (Å²) in [5, 5.41) is 0. The minimum Gasteiger partial charge on any atom is -0.341 e. The van der Waals surface area contributed by atoms with Crippen molar-refractivity contribution in [2.24, 2.45) is 11.7 Å². The molecule has 2 aromatic rings. The topological polar surface area (TPSA) is 51.3 Å². The molecule has 142 valence electrons. The molecule has 3 atom stereocenters. The molecule has 3 unspecified atom stereocenters. The molecule has 1 amide bonds. The maximum Gasteiger partial charge on any atom is 0.255 e. The minimum absolute atomic E-state index is 0. The highest BCUT2D eigenvalue weighted by molar-refractivity contribution is 5.96. The van der Waals surface area contributed by atoms with Gasteiger partial charge in [-0.1, -0.05) is 30.3 Å². The second kappa shape index (κ2) is 8.28. The predicted molar refractivity (Wildman–Crippen MR) is 109 cm³/mol. The van der Waals surface area contributed by atoms with E-state index in [4.69, 9.17) is 5.73 Å². The number of likely N-dealkylation sites (tertiary alicyclic amines) is 1. The first-order chi connectivity index (χ1) is 11.9. The lowest BCUT2D eigenvalue weighted by molar-refractivity contribution is 0.0742. The SMILES string of the molecule is Cc1cc(C(=O)N2CC(CN)CC2C)c(C)n1C(C)c1ccccc1.Cl. The Kier molecular flexibility index (Phi) is 6.53. The van der Waals surface area contributed by atoms with E-state index in [-0.39, 0.29) is 30.4 Å². The zero-order chi connectivity index (χ0) is 18.1. The minimum atomic E-state index is 0. The van der Waals surface area contributed by atoms with Crippen LogP contribution in [-0.2, 0) is 0 Å². The summed E-state index contributed by atoms with van der Waals surface area (Å²) in [7, 11) is 0. The van der Waals surface area contributed by atoms with Crippen LogP contribution >= 0.6 is 12.4 Å². The Balaban J connectivity index is 0.00000243. The summed E-state index contributed by atoms with van der Waals surface area (Å²) in [5.74, 6) is 0.564. The van der Waals surface area contributed by atoms with Gasteiger partial charge in [0, 0.05) is 24.0 Å². The highest BCUT2D eigenvalue weighted by Gasteiger charge is 2.33. The quantitative estimate of drug-likeness (QED) is 0.879. The number of hydrogen-bond acceptors (Lipinski definition) is 2. The molecular formula is C21H30ClN3O. The van der Waals surface area contributed by atoms with Crippen LogP contribution < -0.4 is 5.73 Å². The van der Waals surface area contributed by atoms with Gasteiger partial charge in [0.15, 0.2) is 0 Å². The Bertz CT molecular complexity index is 756. The fraction of sp³-hybridized carbons (Fsp3) is 0.476. The highest BCUT2D eigenvalue weighted by atomic mass is 35.5. The lowest BCUT2D eigenvalue weighted by Gasteiger charge is -2.22. The Morgan fingerprint density at radius 1 is 1.27 bits per heavy atom. The summed E-state index contributed by atoms with van der Waals surface area (Å²) in [4.78, 5) is 15.1. The first-order valence-corrected chi connectivity index (χ1v) is 9.18. The molecular weight excluding hydrogens is 346 g/mol. The number of nitrogens with two attached hydrogens (primary N) is 1. The third kappa shape index (κ3) is 3.67. The molecule has 1 fully saturated rings. The fourth-order valence-corrected chi connectivity index (χ4v) is 4.22. The van der Waals surface area contributed by atoms with Crippen LogP contribution in [0, 0.1) is 19.8 Å². The Labute approximate surface area is 162 Å². The number of nitrogens with zero attached hydrogens (tertiary/aromatic N) is 2. The van der Waals surface area contributed by atoms with Crippen LogP contribution in [0.5, 0.6) is 0 Å². The van der Waals surface area contributed by atoms with Gasteiger partial charge in [0.2, 0.25) is 0 Å². The number of hydrogen-bond donors (Lipinski definition) is 1. The molecule has 0 radical (unpaired) electrons. The van der Waals surface area contributed by atoms with E-state index in [0.717, 1.165) is 29.9 Å². The van der Waals surface area contributed by atoms with E-state index in [1.54, 1.807) is 0 Å². The van der Waals surface area contributed by atoms with Crippen LogP contribution in [0.15, 0.2) is 36.4 Å². The third-order valence-electron chi connectivity index (χ3n) is 5.64. The molecule has 2 N–H and O–H groups in total. The average Bonchev–Trinajstić information content (AvgIpc) is 3.14. The number of carbonyl (C=O) groups is 1. The van der Waals surface area contributed by atoms with Crippen LogP contribution in [0.2, 0.25) is 0 Å². The van der Waals surface area contributed by atoms with Gasteiger partial charge in [0.05, 0.1) is 11.6 Å². The van der Waals surface area contributed by atoms with E-state index in [1.165, 1.54) is 5.56 Å². The van der Waals surface area contributed by atoms with Crippen molar-refractivity contribution >= 4 is 18.3 Å². The van der Waals surface area contributed by atoms with Gasteiger partial charge in [0.25, 0.3) is 5.91 Å². The van der Waals surface area contributed by atoms with Crippen molar-refractivity contribution in [1.29, 1.82) is 0 Å². The van der Waals surface area contributed by atoms with Crippen LogP contribution in [-0.4, -0.2) is 34.5 Å². The molecule has 1 aromatic carbocycles. The third-order valence-corrected chi connectivity index (χ3v) is 5.64. The molecule has 0 saturated carbocycles. The number of benzene rings is 1. The molecule has 3 rings (SSSR count). The van der Waals surface area contributed by atoms with Gasteiger partial charge in [-0.2, -0.15) is 0 Å². The van der Waals surface area contributed by atoms with Crippen LogP contribution in [0.1, 0.15) is 53.6 Å². The van der Waals surface area contributed by atoms with E-state index in [0.29, 0.717) is 12.5 Å². The summed E-state index contributed by atoms with van der Waals surface area (Å²) < 4.78 is 2.27. The van der Waals surface area contributed by atoms with Gasteiger partial charge in [-0.3, -0.25) is 4.79 Å². The van der Waals surface area contributed by atoms with Crippen molar-refractivity contribution in [3.8, 4) is 0 Å². The van der Waals surface area contributed by atoms with Gasteiger partial charge in [-0.05, 0) is 58.2 Å². The van der Waals surface area contributed by atoms with Gasteiger partial charge < -0.3 is 15.2 Å². The van der Waals surface area contributed by atoms with Crippen LogP contribution in [0.3, 0.4) is 0 Å². The number of halogens is 1. The second-order valence-electron chi connectivity index (χ2n) is 7.39. The standard InChI is InChI=1S/C21H29N3O.ClH/c1-14-10-18(12-22)13-23(14)21(25)20-11-15(2)24(17(20)4)16(3)19-8-6-5-7-9-19;/h5-9,11,14,16,18H,10,12-13,22H2,1-4H3;1H. The van der Waals surface area contributed by atoms with E-state index in [9.17, 15) is 4.79 Å². The summed E-state index contributed by atoms with van der Waals surface area (Å²) >= 11 is 0. The monoisotopic (exact) mass is 375 g/mol. The molecule has 2 heterocycles. The first-order valence-electron chi connectivity index (χ1n) is 9.18. The predicted octanol–water partition coefficient (Wildman–Crippen LogP) is 3.95. The zero-order valence-electron chi connectivity index (χ0n) is 16.1. The molecule has 0 bridgehead atoms. The molecule has 26 heavy (non-hydrogen) atoms. The Morgan fingerprint density at radius 2 is 1.92 bits per heavy atom. The Hall–Kier alpha value is -1.78. The summed E-state index contributed by atoms with van der Waals surface area (Å²) in [6, 6.07) is 12.9. The molecule has 1 aliphatic heterocycles. The lowest BCUT2D eigenvalue weighted by atomic mass is 10.1. The molecule has 1 saturated heterocycles. The van der Waals surface area contributed by atoms with E-state index >= 15 is 0 Å². The molecule has 1 aliphatic rings. The number of carbonyl (C=O) groups excluding carboxylic acids is 1. The summed E-state index contributed by atoms with van der Waals surface area (Å²) in [6.45, 7) is 9.87. The van der Waals surface area contributed by atoms with E-state index in [2.05, 4.69) is 56.5 Å². The molecule has 0 aliphatic carbocycles. The van der Waals surface area contributed by atoms with Gasteiger partial charge in [-0.25, -0.2) is 0 Å². The van der Waals surface area contributed by atoms with Gasteiger partial charge in [-0.15, -0.1) is 12.4 Å². The number of aryl methyl sites for hydroxylation is 1. The maximum absolute atomic E-state index is 13.1. The zero-order valence-corrected chi connectivity index (χ0v) is 16.9. The average molecular weight is 376 g/mol. The normalized spacial score (nSPS) is 20.7. The van der Waals surface area contributed by atoms with E-state index in [1.807, 2.05) is 17.0 Å². The fourth-order valence-electron chi connectivity index (χ4n) is 4.22. The van der Waals surface area contributed by atoms with Crippen LogP contribution in [0.25, 0.3) is 0 Å². The molecule has 0 spiro atoms. The lowest BCUT2D eigenvalue weighted by Crippen LogP contribution is -2.34. The summed E-state index contributed by atoms with van der Waals surface area (Å²) in [5.41, 5.74) is 10.1. The van der Waals surface area contributed by atoms with Crippen LogP contribution in [0.4, 0.5) is 0 Å². The van der Waals surface area contributed by atoms with Crippen molar-refractivity contribution in [1.82, 2.24) is 9.47 Å². The number of rotatable bonds is 4. The second-order valence-corrected chi connectivity index (χ2v) is 7.39. The number of aromatic nitrogens is 1. The van der Waals surface area contributed by atoms with Crippen molar-refractivity contribution in [3.05, 3.63) is 58.9 Å². The maximum atomic E-state index is 13.1. The van der Waals surface area contributed by atoms with Crippen molar-refractivity contribution < 1.29 is 4.79 Å². The smallest absolute Gasteiger partial charge is 0.255 e. The largest absolute Gasteiger partial charge is 0.341 e. The molecule has 5 heteroatoms. The Morgan fingerprint density at radius 3 is 2.50 bits per heavy atom. The number of amides is 1. The van der Waals surface area contributed by atoms with Gasteiger partial charge in [0.1, 0.15) is 0 Å². The van der Waals surface area contributed by atoms with Gasteiger partial charge >= 0.3 is 0 Å². The van der Waals surface area contributed by atoms with Crippen molar-refractivity contribution in [2.45, 2.75) is 46.2 Å². The van der Waals surface area contributed by atoms with Crippen molar-refractivity contribution in [2.75, 3.05) is 13.1 Å². The summed E-state index contributed by atoms with van der Waals surface area (Å²) in [6.07, 6.45) is 1.00. The molecule has 1 aromatic heterocycles. The van der Waals surface area contributed by atoms with E-state index < -0.39 is 0 Å². The molecule has 4 nitrogen and oxygen atoms in total.